The van der Waals surface area contributed by atoms with E-state index < -0.39 is 0 Å². The molecule has 2 heterocycles. The van der Waals surface area contributed by atoms with Crippen LogP contribution in [0.15, 0.2) is 18.3 Å². The standard InChI is InChI=1S/C11H13ClN2OS/c1-8-7-14(4-5-16-8)11(15)10-6-9(12)2-3-13-10/h2-3,6,8H,4-5,7H2,1H3. The van der Waals surface area contributed by atoms with Gasteiger partial charge in [-0.2, -0.15) is 11.8 Å². The zero-order chi connectivity index (χ0) is 11.5. The molecule has 0 aliphatic carbocycles. The van der Waals surface area contributed by atoms with Gasteiger partial charge in [0.15, 0.2) is 0 Å². The van der Waals surface area contributed by atoms with Gasteiger partial charge >= 0.3 is 0 Å². The monoisotopic (exact) mass is 256 g/mol. The summed E-state index contributed by atoms with van der Waals surface area (Å²) in [5, 5.41) is 1.05. The van der Waals surface area contributed by atoms with Crippen LogP contribution in [-0.2, 0) is 0 Å². The van der Waals surface area contributed by atoms with E-state index >= 15 is 0 Å². The van der Waals surface area contributed by atoms with Crippen molar-refractivity contribution in [1.29, 1.82) is 0 Å². The number of thioether (sulfide) groups is 1. The molecule has 1 aromatic heterocycles. The summed E-state index contributed by atoms with van der Waals surface area (Å²) in [5.74, 6) is 0.975. The van der Waals surface area contributed by atoms with Gasteiger partial charge in [-0.1, -0.05) is 18.5 Å². The van der Waals surface area contributed by atoms with E-state index in [0.29, 0.717) is 16.0 Å². The minimum atomic E-state index is -0.0188. The van der Waals surface area contributed by atoms with Gasteiger partial charge in [0.05, 0.1) is 0 Å². The lowest BCUT2D eigenvalue weighted by atomic mass is 10.3. The number of pyridine rings is 1. The molecular weight excluding hydrogens is 244 g/mol. The van der Waals surface area contributed by atoms with Gasteiger partial charge in [-0.05, 0) is 12.1 Å². The van der Waals surface area contributed by atoms with Gasteiger partial charge < -0.3 is 4.90 Å². The van der Waals surface area contributed by atoms with Gasteiger partial charge in [-0.3, -0.25) is 9.78 Å². The third-order valence-corrected chi connectivity index (χ3v) is 3.84. The van der Waals surface area contributed by atoms with Crippen LogP contribution in [-0.4, -0.2) is 39.9 Å². The van der Waals surface area contributed by atoms with Gasteiger partial charge in [0.1, 0.15) is 5.69 Å². The van der Waals surface area contributed by atoms with Crippen molar-refractivity contribution < 1.29 is 4.79 Å². The highest BCUT2D eigenvalue weighted by Crippen LogP contribution is 2.19. The lowest BCUT2D eigenvalue weighted by molar-refractivity contribution is 0.0757. The second kappa shape index (κ2) is 5.06. The van der Waals surface area contributed by atoms with Crippen molar-refractivity contribution >= 4 is 29.3 Å². The van der Waals surface area contributed by atoms with Gasteiger partial charge in [0.25, 0.3) is 5.91 Å². The Bertz CT molecular complexity index is 399. The molecule has 1 aliphatic heterocycles. The summed E-state index contributed by atoms with van der Waals surface area (Å²) in [7, 11) is 0. The smallest absolute Gasteiger partial charge is 0.272 e. The van der Waals surface area contributed by atoms with E-state index in [1.54, 1.807) is 18.3 Å². The molecule has 1 fully saturated rings. The van der Waals surface area contributed by atoms with Crippen molar-refractivity contribution in [1.82, 2.24) is 9.88 Å². The number of halogens is 1. The predicted molar refractivity (Wildman–Crippen MR) is 67.1 cm³/mol. The molecule has 1 unspecified atom stereocenters. The first-order valence-corrected chi connectivity index (χ1v) is 6.62. The van der Waals surface area contributed by atoms with E-state index in [9.17, 15) is 4.79 Å². The Morgan fingerprint density at radius 2 is 2.50 bits per heavy atom. The number of hydrogen-bond donors (Lipinski definition) is 0. The molecule has 3 nitrogen and oxygen atoms in total. The summed E-state index contributed by atoms with van der Waals surface area (Å²) >= 11 is 7.74. The maximum Gasteiger partial charge on any atom is 0.272 e. The van der Waals surface area contributed by atoms with Crippen LogP contribution in [0.5, 0.6) is 0 Å². The first-order valence-electron chi connectivity index (χ1n) is 5.19. The molecule has 1 amide bonds. The lowest BCUT2D eigenvalue weighted by Gasteiger charge is -2.30. The first-order chi connectivity index (χ1) is 7.66. The Labute approximate surface area is 104 Å². The van der Waals surface area contributed by atoms with Gasteiger partial charge in [0.2, 0.25) is 0 Å². The summed E-state index contributed by atoms with van der Waals surface area (Å²) < 4.78 is 0. The van der Waals surface area contributed by atoms with Crippen LogP contribution >= 0.6 is 23.4 Å². The van der Waals surface area contributed by atoms with E-state index in [0.717, 1.165) is 18.8 Å². The van der Waals surface area contributed by atoms with Crippen molar-refractivity contribution in [2.24, 2.45) is 0 Å². The van der Waals surface area contributed by atoms with Crippen LogP contribution in [0.2, 0.25) is 5.02 Å². The average Bonchev–Trinajstić information content (AvgIpc) is 2.28. The molecule has 0 N–H and O–H groups in total. The van der Waals surface area contributed by atoms with Crippen LogP contribution < -0.4 is 0 Å². The third kappa shape index (κ3) is 2.68. The average molecular weight is 257 g/mol. The number of carbonyl (C=O) groups is 1. The molecule has 86 valence electrons. The highest BCUT2D eigenvalue weighted by atomic mass is 35.5. The minimum absolute atomic E-state index is 0.0188. The summed E-state index contributed by atoms with van der Waals surface area (Å²) in [5.41, 5.74) is 0.437. The summed E-state index contributed by atoms with van der Waals surface area (Å²) in [4.78, 5) is 18.0. The zero-order valence-electron chi connectivity index (χ0n) is 9.02. The zero-order valence-corrected chi connectivity index (χ0v) is 10.6. The third-order valence-electron chi connectivity index (χ3n) is 2.47. The fraction of sp³-hybridized carbons (Fsp3) is 0.455. The molecule has 1 aliphatic rings. The molecule has 2 rings (SSSR count). The Kier molecular flexibility index (Phi) is 3.71. The maximum atomic E-state index is 12.1. The van der Waals surface area contributed by atoms with E-state index in [4.69, 9.17) is 11.6 Å². The van der Waals surface area contributed by atoms with Gasteiger partial charge in [0, 0.05) is 35.3 Å². The number of hydrogen-bond acceptors (Lipinski definition) is 3. The largest absolute Gasteiger partial charge is 0.335 e. The molecule has 0 bridgehead atoms. The van der Waals surface area contributed by atoms with E-state index in [-0.39, 0.29) is 5.91 Å². The van der Waals surface area contributed by atoms with E-state index in [1.165, 1.54) is 0 Å². The SMILES string of the molecule is CC1CN(C(=O)c2cc(Cl)ccn2)CCS1. The van der Waals surface area contributed by atoms with Crippen LogP contribution in [0, 0.1) is 0 Å². The Hall–Kier alpha value is -0.740. The molecule has 1 saturated heterocycles. The number of aromatic nitrogens is 1. The maximum absolute atomic E-state index is 12.1. The van der Waals surface area contributed by atoms with Crippen LogP contribution in [0.25, 0.3) is 0 Å². The van der Waals surface area contributed by atoms with E-state index in [2.05, 4.69) is 11.9 Å². The van der Waals surface area contributed by atoms with Crippen molar-refractivity contribution in [3.63, 3.8) is 0 Å². The molecule has 1 atom stereocenters. The Morgan fingerprint density at radius 1 is 1.69 bits per heavy atom. The summed E-state index contributed by atoms with van der Waals surface area (Å²) in [6.45, 7) is 3.72. The van der Waals surface area contributed by atoms with Crippen molar-refractivity contribution in [3.05, 3.63) is 29.0 Å². The molecule has 0 radical (unpaired) electrons. The summed E-state index contributed by atoms with van der Waals surface area (Å²) in [6, 6.07) is 3.29. The number of nitrogens with zero attached hydrogens (tertiary/aromatic N) is 2. The van der Waals surface area contributed by atoms with Crippen LogP contribution in [0.3, 0.4) is 0 Å². The Balaban J connectivity index is 2.12. The second-order valence-corrected chi connectivity index (χ2v) is 5.77. The predicted octanol–water partition coefficient (Wildman–Crippen LogP) is 2.31. The van der Waals surface area contributed by atoms with Gasteiger partial charge in [-0.25, -0.2) is 0 Å². The second-order valence-electron chi connectivity index (χ2n) is 3.79. The number of amides is 1. The number of carbonyl (C=O) groups excluding carboxylic acids is 1. The topological polar surface area (TPSA) is 33.2 Å². The molecule has 1 aromatic rings. The quantitative estimate of drug-likeness (QED) is 0.773. The van der Waals surface area contributed by atoms with Gasteiger partial charge in [-0.15, -0.1) is 0 Å². The fourth-order valence-corrected chi connectivity index (χ4v) is 2.86. The van der Waals surface area contributed by atoms with Crippen LogP contribution in [0.1, 0.15) is 17.4 Å². The molecule has 0 aromatic carbocycles. The number of rotatable bonds is 1. The summed E-state index contributed by atoms with van der Waals surface area (Å²) in [6.07, 6.45) is 1.57. The molecular formula is C11H13ClN2OS. The van der Waals surface area contributed by atoms with Crippen molar-refractivity contribution in [3.8, 4) is 0 Å². The minimum Gasteiger partial charge on any atom is -0.335 e. The molecule has 5 heteroatoms. The lowest BCUT2D eigenvalue weighted by Crippen LogP contribution is -2.41. The molecule has 16 heavy (non-hydrogen) atoms. The molecule has 0 spiro atoms. The molecule has 0 saturated carbocycles. The Morgan fingerprint density at radius 3 is 3.19 bits per heavy atom. The van der Waals surface area contributed by atoms with E-state index in [1.807, 2.05) is 16.7 Å². The first kappa shape index (κ1) is 11.7. The highest BCUT2D eigenvalue weighted by molar-refractivity contribution is 7.99. The van der Waals surface area contributed by atoms with Crippen molar-refractivity contribution in [2.45, 2.75) is 12.2 Å². The van der Waals surface area contributed by atoms with Crippen LogP contribution in [0.4, 0.5) is 0 Å². The van der Waals surface area contributed by atoms with Crippen molar-refractivity contribution in [2.75, 3.05) is 18.8 Å². The fourth-order valence-electron chi connectivity index (χ4n) is 1.69. The normalized spacial score (nSPS) is 20.9. The highest BCUT2D eigenvalue weighted by Gasteiger charge is 2.23.